The van der Waals surface area contributed by atoms with Gasteiger partial charge in [0.15, 0.2) is 0 Å². The van der Waals surface area contributed by atoms with E-state index in [1.165, 1.54) is 5.56 Å². The summed E-state index contributed by atoms with van der Waals surface area (Å²) in [6, 6.07) is 6.06. The minimum Gasteiger partial charge on any atom is -0.324 e. The Labute approximate surface area is 84.9 Å². The molecule has 72 valence electrons. The van der Waals surface area contributed by atoms with Crippen molar-refractivity contribution in [1.29, 1.82) is 0 Å². The minimum atomic E-state index is 0.0809. The van der Waals surface area contributed by atoms with Crippen molar-refractivity contribution in [3.63, 3.8) is 0 Å². The van der Waals surface area contributed by atoms with Gasteiger partial charge in [-0.3, -0.25) is 0 Å². The van der Waals surface area contributed by atoms with Crippen LogP contribution in [0.4, 0.5) is 0 Å². The first kappa shape index (κ1) is 10.6. The summed E-state index contributed by atoms with van der Waals surface area (Å²) in [7, 11) is 0. The molecule has 0 unspecified atom stereocenters. The van der Waals surface area contributed by atoms with Gasteiger partial charge in [0, 0.05) is 11.1 Å². The summed E-state index contributed by atoms with van der Waals surface area (Å²) in [5.74, 6) is 0.442. The molecule has 0 bridgehead atoms. The maximum atomic E-state index is 6.02. The van der Waals surface area contributed by atoms with Crippen molar-refractivity contribution in [2.45, 2.75) is 26.8 Å². The predicted octanol–water partition coefficient (Wildman–Crippen LogP) is 3.30. The molecule has 0 aliphatic heterocycles. The zero-order valence-corrected chi connectivity index (χ0v) is 9.10. The maximum Gasteiger partial charge on any atom is 0.0411 e. The average Bonchev–Trinajstić information content (AvgIpc) is 2.01. The zero-order valence-electron chi connectivity index (χ0n) is 8.34. The molecule has 1 atom stereocenters. The lowest BCUT2D eigenvalue weighted by molar-refractivity contribution is 0.514. The Morgan fingerprint density at radius 3 is 2.31 bits per heavy atom. The van der Waals surface area contributed by atoms with Crippen molar-refractivity contribution in [1.82, 2.24) is 0 Å². The first-order chi connectivity index (χ1) is 6.00. The smallest absolute Gasteiger partial charge is 0.0411 e. The molecule has 0 aromatic heterocycles. The standard InChI is InChI=1S/C11H16ClN/c1-7(2)11(13)9-4-8(3)5-10(12)6-9/h4-7,11H,13H2,1-3H3/t11-/m1/s1. The normalized spacial score (nSPS) is 13.4. The summed E-state index contributed by atoms with van der Waals surface area (Å²) in [6.45, 7) is 6.25. The van der Waals surface area contributed by atoms with Crippen LogP contribution in [-0.4, -0.2) is 0 Å². The number of halogens is 1. The summed E-state index contributed by atoms with van der Waals surface area (Å²) in [4.78, 5) is 0. The first-order valence-electron chi connectivity index (χ1n) is 4.53. The van der Waals surface area contributed by atoms with Gasteiger partial charge in [-0.1, -0.05) is 31.5 Å². The third kappa shape index (κ3) is 2.71. The molecular weight excluding hydrogens is 182 g/mol. The fourth-order valence-corrected chi connectivity index (χ4v) is 1.64. The van der Waals surface area contributed by atoms with Gasteiger partial charge in [0.2, 0.25) is 0 Å². The Kier molecular flexibility index (Phi) is 3.34. The molecule has 0 amide bonds. The number of hydrogen-bond donors (Lipinski definition) is 1. The molecule has 0 radical (unpaired) electrons. The molecule has 1 aromatic carbocycles. The summed E-state index contributed by atoms with van der Waals surface area (Å²) >= 11 is 5.94. The number of aryl methyl sites for hydroxylation is 1. The van der Waals surface area contributed by atoms with E-state index in [0.29, 0.717) is 5.92 Å². The molecule has 1 rings (SSSR count). The summed E-state index contributed by atoms with van der Waals surface area (Å²) < 4.78 is 0. The van der Waals surface area contributed by atoms with Crippen LogP contribution in [0, 0.1) is 12.8 Å². The van der Waals surface area contributed by atoms with Gasteiger partial charge in [0.05, 0.1) is 0 Å². The van der Waals surface area contributed by atoms with Gasteiger partial charge in [-0.25, -0.2) is 0 Å². The molecule has 13 heavy (non-hydrogen) atoms. The predicted molar refractivity (Wildman–Crippen MR) is 58.0 cm³/mol. The van der Waals surface area contributed by atoms with E-state index in [9.17, 15) is 0 Å². The van der Waals surface area contributed by atoms with Crippen molar-refractivity contribution in [3.05, 3.63) is 34.3 Å². The van der Waals surface area contributed by atoms with Crippen molar-refractivity contribution < 1.29 is 0 Å². The number of nitrogens with two attached hydrogens (primary N) is 1. The quantitative estimate of drug-likeness (QED) is 0.774. The van der Waals surface area contributed by atoms with Crippen LogP contribution in [0.1, 0.15) is 31.0 Å². The van der Waals surface area contributed by atoms with E-state index >= 15 is 0 Å². The van der Waals surface area contributed by atoms with Gasteiger partial charge in [-0.15, -0.1) is 0 Å². The highest BCUT2D eigenvalue weighted by atomic mass is 35.5. The highest BCUT2D eigenvalue weighted by molar-refractivity contribution is 6.30. The van der Waals surface area contributed by atoms with Crippen molar-refractivity contribution in [2.75, 3.05) is 0 Å². The molecule has 0 spiro atoms. The van der Waals surface area contributed by atoms with E-state index in [0.717, 1.165) is 10.6 Å². The highest BCUT2D eigenvalue weighted by Gasteiger charge is 2.10. The molecule has 0 fully saturated rings. The Morgan fingerprint density at radius 1 is 1.23 bits per heavy atom. The molecule has 0 saturated carbocycles. The van der Waals surface area contributed by atoms with Crippen molar-refractivity contribution in [2.24, 2.45) is 11.7 Å². The van der Waals surface area contributed by atoms with Gasteiger partial charge in [0.1, 0.15) is 0 Å². The topological polar surface area (TPSA) is 26.0 Å². The Balaban J connectivity index is 3.01. The van der Waals surface area contributed by atoms with Crippen LogP contribution in [0.25, 0.3) is 0 Å². The van der Waals surface area contributed by atoms with Crippen LogP contribution in [0.3, 0.4) is 0 Å². The van der Waals surface area contributed by atoms with Gasteiger partial charge < -0.3 is 5.73 Å². The molecule has 1 nitrogen and oxygen atoms in total. The summed E-state index contributed by atoms with van der Waals surface area (Å²) in [5, 5.41) is 0.770. The second-order valence-corrected chi connectivity index (χ2v) is 4.27. The summed E-state index contributed by atoms with van der Waals surface area (Å²) in [6.07, 6.45) is 0. The molecule has 2 N–H and O–H groups in total. The van der Waals surface area contributed by atoms with Gasteiger partial charge in [0.25, 0.3) is 0 Å². The number of hydrogen-bond acceptors (Lipinski definition) is 1. The highest BCUT2D eigenvalue weighted by Crippen LogP contribution is 2.23. The third-order valence-electron chi connectivity index (χ3n) is 2.17. The molecule has 0 saturated heterocycles. The van der Waals surface area contributed by atoms with E-state index in [1.54, 1.807) is 0 Å². The van der Waals surface area contributed by atoms with E-state index in [2.05, 4.69) is 19.9 Å². The lowest BCUT2D eigenvalue weighted by atomic mass is 9.96. The van der Waals surface area contributed by atoms with Crippen LogP contribution in [0.15, 0.2) is 18.2 Å². The lowest BCUT2D eigenvalue weighted by Crippen LogP contribution is -2.16. The summed E-state index contributed by atoms with van der Waals surface area (Å²) in [5.41, 5.74) is 8.31. The molecule has 0 aliphatic carbocycles. The number of benzene rings is 1. The zero-order chi connectivity index (χ0) is 10.0. The fraction of sp³-hybridized carbons (Fsp3) is 0.455. The van der Waals surface area contributed by atoms with Crippen molar-refractivity contribution in [3.8, 4) is 0 Å². The minimum absolute atomic E-state index is 0.0809. The van der Waals surface area contributed by atoms with Gasteiger partial charge in [-0.05, 0) is 36.1 Å². The monoisotopic (exact) mass is 197 g/mol. The SMILES string of the molecule is Cc1cc(Cl)cc([C@H](N)C(C)C)c1. The maximum absolute atomic E-state index is 6.02. The van der Waals surface area contributed by atoms with E-state index in [4.69, 9.17) is 17.3 Å². The van der Waals surface area contributed by atoms with E-state index in [-0.39, 0.29) is 6.04 Å². The average molecular weight is 198 g/mol. The third-order valence-corrected chi connectivity index (χ3v) is 2.39. The molecule has 1 aromatic rings. The van der Waals surface area contributed by atoms with Crippen LogP contribution in [0.5, 0.6) is 0 Å². The van der Waals surface area contributed by atoms with Gasteiger partial charge in [-0.2, -0.15) is 0 Å². The van der Waals surface area contributed by atoms with Crippen molar-refractivity contribution >= 4 is 11.6 Å². The Morgan fingerprint density at radius 2 is 1.85 bits per heavy atom. The number of rotatable bonds is 2. The second kappa shape index (κ2) is 4.12. The Hall–Kier alpha value is -0.530. The molecule has 2 heteroatoms. The fourth-order valence-electron chi connectivity index (χ4n) is 1.34. The lowest BCUT2D eigenvalue weighted by Gasteiger charge is -2.16. The van der Waals surface area contributed by atoms with E-state index < -0.39 is 0 Å². The van der Waals surface area contributed by atoms with E-state index in [1.807, 2.05) is 19.1 Å². The molecule has 0 heterocycles. The largest absolute Gasteiger partial charge is 0.324 e. The second-order valence-electron chi connectivity index (χ2n) is 3.83. The van der Waals surface area contributed by atoms with Crippen LogP contribution < -0.4 is 5.73 Å². The Bertz CT molecular complexity index is 274. The van der Waals surface area contributed by atoms with Crippen LogP contribution in [-0.2, 0) is 0 Å². The molecular formula is C11H16ClN. The van der Waals surface area contributed by atoms with Crippen LogP contribution >= 0.6 is 11.6 Å². The first-order valence-corrected chi connectivity index (χ1v) is 4.91. The van der Waals surface area contributed by atoms with Crippen LogP contribution in [0.2, 0.25) is 5.02 Å². The molecule has 0 aliphatic rings. The van der Waals surface area contributed by atoms with Gasteiger partial charge >= 0.3 is 0 Å².